The lowest BCUT2D eigenvalue weighted by Crippen LogP contribution is -2.55. The van der Waals surface area contributed by atoms with Crippen LogP contribution in [0.1, 0.15) is 97.0 Å². The van der Waals surface area contributed by atoms with Gasteiger partial charge in [-0.15, -0.1) is 0 Å². The molecule has 274 valence electrons. The number of unbranched alkanes of at least 4 members (excludes halogenated alkanes) is 3. The van der Waals surface area contributed by atoms with Crippen LogP contribution in [0, 0.1) is 5.92 Å². The second-order valence-corrected chi connectivity index (χ2v) is 17.2. The third-order valence-corrected chi connectivity index (χ3v) is 11.1. The van der Waals surface area contributed by atoms with Crippen LogP contribution in [0.2, 0.25) is 5.02 Å². The minimum Gasteiger partial charge on any atom is -0.444 e. The molecule has 15 heteroatoms. The summed E-state index contributed by atoms with van der Waals surface area (Å²) in [6.45, 7) is 4.56. The summed E-state index contributed by atoms with van der Waals surface area (Å²) < 4.78 is 32.0. The molecular weight excluding hydrogens is 686 g/mol. The Morgan fingerprint density at radius 1 is 1.14 bits per heavy atom. The summed E-state index contributed by atoms with van der Waals surface area (Å²) >= 11 is 6.21. The van der Waals surface area contributed by atoms with Crippen molar-refractivity contribution in [3.8, 4) is 0 Å². The van der Waals surface area contributed by atoms with Crippen LogP contribution < -0.4 is 15.4 Å². The van der Waals surface area contributed by atoms with E-state index in [0.717, 1.165) is 24.8 Å². The number of amides is 4. The van der Waals surface area contributed by atoms with Crippen molar-refractivity contribution in [2.45, 2.75) is 120 Å². The maximum absolute atomic E-state index is 14.3. The van der Waals surface area contributed by atoms with Gasteiger partial charge in [-0.25, -0.2) is 13.2 Å². The summed E-state index contributed by atoms with van der Waals surface area (Å²) in [4.78, 5) is 60.8. The summed E-state index contributed by atoms with van der Waals surface area (Å²) in [5.74, 6) is -1.32. The Morgan fingerprint density at radius 2 is 1.90 bits per heavy atom. The Morgan fingerprint density at radius 3 is 2.58 bits per heavy atom. The fourth-order valence-electron chi connectivity index (χ4n) is 6.17. The first-order valence-electron chi connectivity index (χ1n) is 17.4. The number of carbonyl (C=O) groups excluding carboxylic acids is 4. The van der Waals surface area contributed by atoms with Gasteiger partial charge >= 0.3 is 6.09 Å². The molecule has 13 nitrogen and oxygen atoms in total. The molecule has 3 fully saturated rings. The number of nitrogens with zero attached hydrogens (tertiary/aromatic N) is 2. The summed E-state index contributed by atoms with van der Waals surface area (Å²) in [6.07, 6.45) is 11.2. The van der Waals surface area contributed by atoms with Gasteiger partial charge in [-0.05, 0) is 83.8 Å². The van der Waals surface area contributed by atoms with Gasteiger partial charge in [0.05, 0.1) is 24.1 Å². The highest BCUT2D eigenvalue weighted by Gasteiger charge is 2.54. The van der Waals surface area contributed by atoms with Gasteiger partial charge in [0, 0.05) is 23.4 Å². The molecule has 2 aliphatic heterocycles. The Kier molecular flexibility index (Phi) is 11.8. The van der Waals surface area contributed by atoms with Gasteiger partial charge in [0.2, 0.25) is 21.8 Å². The monoisotopic (exact) mass is 733 g/mol. The number of sulfonamides is 1. The molecule has 1 aromatic carbocycles. The van der Waals surface area contributed by atoms with Crippen LogP contribution in [0.4, 0.5) is 4.79 Å². The van der Waals surface area contributed by atoms with Gasteiger partial charge in [-0.3, -0.25) is 19.1 Å². The zero-order valence-electron chi connectivity index (χ0n) is 28.9. The lowest BCUT2D eigenvalue weighted by molar-refractivity contribution is -0.140. The van der Waals surface area contributed by atoms with Crippen LogP contribution in [0.5, 0.6) is 0 Å². The normalized spacial score (nSPS) is 22.6. The molecule has 1 aromatic rings. The molecule has 2 aliphatic carbocycles. The van der Waals surface area contributed by atoms with E-state index in [-0.39, 0.29) is 19.4 Å². The molecule has 1 saturated heterocycles. The Labute approximate surface area is 298 Å². The number of halogens is 1. The van der Waals surface area contributed by atoms with E-state index in [4.69, 9.17) is 21.2 Å². The average molecular weight is 734 g/mol. The minimum absolute atomic E-state index is 0.0157. The van der Waals surface area contributed by atoms with Crippen molar-refractivity contribution in [3.63, 3.8) is 0 Å². The standard InChI is InChI=1S/C35H48ClN5O8S/c1-34(2,3)48-33(45)38-27(13-8-6-4-5-7-10-23-14-15-23)32(44)41-22-35(19-28(39-49-35)24-11-9-12-25(36)18-24)20-29(41)31(43)37-21-30(42)40-50(46,47)26-16-17-26/h7,9-12,18,23,26-27,29H,4-6,8,13-17,19-22H2,1-3H3,(H,37,43)(H,38,45)(H,40,42)/b10-7-/t27-,29-,35-/m0/s1. The molecule has 3 N–H and O–H groups in total. The predicted octanol–water partition coefficient (Wildman–Crippen LogP) is 4.34. The maximum Gasteiger partial charge on any atom is 0.408 e. The Hall–Kier alpha value is -3.65. The van der Waals surface area contributed by atoms with Crippen molar-refractivity contribution in [3.05, 3.63) is 47.0 Å². The van der Waals surface area contributed by atoms with E-state index in [1.54, 1.807) is 39.0 Å². The van der Waals surface area contributed by atoms with Gasteiger partial charge in [0.1, 0.15) is 17.7 Å². The highest BCUT2D eigenvalue weighted by atomic mass is 35.5. The zero-order chi connectivity index (χ0) is 36.1. The van der Waals surface area contributed by atoms with Crippen molar-refractivity contribution in [2.75, 3.05) is 13.1 Å². The van der Waals surface area contributed by atoms with Gasteiger partial charge in [0.15, 0.2) is 5.60 Å². The fourth-order valence-corrected chi connectivity index (χ4v) is 7.67. The van der Waals surface area contributed by atoms with Crippen molar-refractivity contribution >= 4 is 51.2 Å². The van der Waals surface area contributed by atoms with E-state index in [1.165, 1.54) is 17.7 Å². The number of benzene rings is 1. The molecule has 1 spiro atoms. The number of alkyl carbamates (subject to hydrolysis) is 1. The Bertz CT molecular complexity index is 1620. The van der Waals surface area contributed by atoms with Crippen LogP contribution in [0.25, 0.3) is 0 Å². The molecule has 0 aromatic heterocycles. The average Bonchev–Trinajstić information content (AvgIpc) is 3.98. The summed E-state index contributed by atoms with van der Waals surface area (Å²) in [5.41, 5.74) is -0.516. The number of rotatable bonds is 15. The lowest BCUT2D eigenvalue weighted by atomic mass is 9.91. The highest BCUT2D eigenvalue weighted by Crippen LogP contribution is 2.39. The summed E-state index contributed by atoms with van der Waals surface area (Å²) in [6, 6.07) is 5.02. The van der Waals surface area contributed by atoms with Crippen LogP contribution >= 0.6 is 11.6 Å². The molecule has 3 atom stereocenters. The molecule has 0 bridgehead atoms. The largest absolute Gasteiger partial charge is 0.444 e. The molecule has 4 amide bonds. The SMILES string of the molecule is CC(C)(C)OC(=O)N[C@@H](CCCCC/C=C\C1CC1)C(=O)N1C[C@]2(CC(c3cccc(Cl)c3)=NO2)C[C@H]1C(=O)NCC(=O)NS(=O)(=O)C1CC1. The first-order chi connectivity index (χ1) is 23.6. The van der Waals surface area contributed by atoms with Gasteiger partial charge < -0.3 is 25.1 Å². The molecule has 0 radical (unpaired) electrons. The number of oxime groups is 1. The fraction of sp³-hybridized carbons (Fsp3) is 0.629. The molecule has 2 heterocycles. The van der Waals surface area contributed by atoms with E-state index in [1.807, 2.05) is 10.8 Å². The predicted molar refractivity (Wildman–Crippen MR) is 188 cm³/mol. The molecule has 0 unspecified atom stereocenters. The number of likely N-dealkylation sites (tertiary alicyclic amines) is 1. The molecule has 2 saturated carbocycles. The Balaban J connectivity index is 1.30. The number of carbonyl (C=O) groups is 4. The van der Waals surface area contributed by atoms with Crippen LogP contribution in [-0.2, 0) is 34.0 Å². The third kappa shape index (κ3) is 10.7. The third-order valence-electron chi connectivity index (χ3n) is 9.01. The highest BCUT2D eigenvalue weighted by molar-refractivity contribution is 7.90. The maximum atomic E-state index is 14.3. The molecule has 4 aliphatic rings. The number of allylic oxidation sites excluding steroid dienone is 2. The van der Waals surface area contributed by atoms with Gasteiger partial charge in [-0.1, -0.05) is 53.9 Å². The van der Waals surface area contributed by atoms with E-state index < -0.39 is 68.9 Å². The van der Waals surface area contributed by atoms with Crippen LogP contribution in [-0.4, -0.2) is 84.5 Å². The van der Waals surface area contributed by atoms with E-state index in [2.05, 4.69) is 27.9 Å². The second kappa shape index (κ2) is 15.7. The number of hydrogen-bond acceptors (Lipinski definition) is 9. The molecular formula is C35H48ClN5O8S. The van der Waals surface area contributed by atoms with Gasteiger partial charge in [-0.2, -0.15) is 0 Å². The van der Waals surface area contributed by atoms with Crippen molar-refractivity contribution in [1.29, 1.82) is 0 Å². The zero-order valence-corrected chi connectivity index (χ0v) is 30.5. The second-order valence-electron chi connectivity index (χ2n) is 14.8. The van der Waals surface area contributed by atoms with E-state index in [9.17, 15) is 27.6 Å². The number of nitrogens with one attached hydrogen (secondary N) is 3. The number of ether oxygens (including phenoxy) is 1. The van der Waals surface area contributed by atoms with Crippen LogP contribution in [0.3, 0.4) is 0 Å². The van der Waals surface area contributed by atoms with Gasteiger partial charge in [0.25, 0.3) is 5.91 Å². The summed E-state index contributed by atoms with van der Waals surface area (Å²) in [7, 11) is -3.80. The van der Waals surface area contributed by atoms with Crippen LogP contribution in [0.15, 0.2) is 41.6 Å². The first kappa shape index (κ1) is 37.6. The topological polar surface area (TPSA) is 173 Å². The van der Waals surface area contributed by atoms with E-state index in [0.29, 0.717) is 42.3 Å². The minimum atomic E-state index is -3.80. The summed E-state index contributed by atoms with van der Waals surface area (Å²) in [5, 5.41) is 9.45. The smallest absolute Gasteiger partial charge is 0.408 e. The van der Waals surface area contributed by atoms with Crippen molar-refractivity contribution in [2.24, 2.45) is 11.1 Å². The van der Waals surface area contributed by atoms with Crippen molar-refractivity contribution < 1.29 is 37.2 Å². The number of hydrogen-bond donors (Lipinski definition) is 3. The quantitative estimate of drug-likeness (QED) is 0.177. The van der Waals surface area contributed by atoms with Crippen molar-refractivity contribution in [1.82, 2.24) is 20.3 Å². The molecule has 5 rings (SSSR count). The van der Waals surface area contributed by atoms with E-state index >= 15 is 0 Å². The first-order valence-corrected chi connectivity index (χ1v) is 19.4. The molecule has 50 heavy (non-hydrogen) atoms. The lowest BCUT2D eigenvalue weighted by Gasteiger charge is -2.29.